The van der Waals surface area contributed by atoms with Crippen LogP contribution in [0.2, 0.25) is 0 Å². The summed E-state index contributed by atoms with van der Waals surface area (Å²) in [6.07, 6.45) is 7.50. The number of hydrogen-bond donors (Lipinski definition) is 0. The summed E-state index contributed by atoms with van der Waals surface area (Å²) in [7, 11) is 0. The van der Waals surface area contributed by atoms with Crippen molar-refractivity contribution in [1.82, 2.24) is 4.90 Å². The van der Waals surface area contributed by atoms with Gasteiger partial charge in [0.15, 0.2) is 5.17 Å². The van der Waals surface area contributed by atoms with Gasteiger partial charge in [-0.1, -0.05) is 75.2 Å². The van der Waals surface area contributed by atoms with Gasteiger partial charge < -0.3 is 4.74 Å². The summed E-state index contributed by atoms with van der Waals surface area (Å²) in [4.78, 5) is 21.6. The van der Waals surface area contributed by atoms with E-state index in [0.717, 1.165) is 58.6 Å². The average Bonchev–Trinajstić information content (AvgIpc) is 3.18. The van der Waals surface area contributed by atoms with Crippen LogP contribution < -0.4 is 4.74 Å². The Kier molecular flexibility index (Phi) is 7.24. The first-order chi connectivity index (χ1) is 17.2. The molecule has 35 heavy (non-hydrogen) atoms. The van der Waals surface area contributed by atoms with Crippen LogP contribution in [-0.4, -0.2) is 28.6 Å². The van der Waals surface area contributed by atoms with Crippen molar-refractivity contribution in [2.75, 3.05) is 6.61 Å². The second kappa shape index (κ2) is 10.7. The molecule has 1 aliphatic carbocycles. The van der Waals surface area contributed by atoms with Crippen molar-refractivity contribution in [2.24, 2.45) is 10.9 Å². The van der Waals surface area contributed by atoms with Crippen LogP contribution >= 0.6 is 11.8 Å². The van der Waals surface area contributed by atoms with Gasteiger partial charge in [0, 0.05) is 11.6 Å². The molecule has 0 N–H and O–H groups in total. The fourth-order valence-corrected chi connectivity index (χ4v) is 6.07. The number of ether oxygens (including phenoxy) is 1. The quantitative estimate of drug-likeness (QED) is 0.335. The summed E-state index contributed by atoms with van der Waals surface area (Å²) < 4.78 is 6.11. The largest absolute Gasteiger partial charge is 0.493 e. The Morgan fingerprint density at radius 3 is 2.60 bits per heavy atom. The highest BCUT2D eigenvalue weighted by Crippen LogP contribution is 2.41. The first kappa shape index (κ1) is 23.7. The molecule has 1 heterocycles. The van der Waals surface area contributed by atoms with Crippen molar-refractivity contribution < 1.29 is 9.53 Å². The summed E-state index contributed by atoms with van der Waals surface area (Å²) >= 11 is 1.49. The Balaban J connectivity index is 1.60. The topological polar surface area (TPSA) is 41.9 Å². The van der Waals surface area contributed by atoms with E-state index in [2.05, 4.69) is 32.0 Å². The van der Waals surface area contributed by atoms with E-state index in [0.29, 0.717) is 17.4 Å². The number of carbonyl (C=O) groups is 1. The highest BCUT2D eigenvalue weighted by molar-refractivity contribution is 8.18. The molecule has 1 saturated carbocycles. The molecule has 0 radical (unpaired) electrons. The molecule has 1 saturated heterocycles. The minimum Gasteiger partial charge on any atom is -0.493 e. The Bertz CT molecular complexity index is 1270. The predicted octanol–water partition coefficient (Wildman–Crippen LogP) is 7.81. The second-order valence-electron chi connectivity index (χ2n) is 9.39. The van der Waals surface area contributed by atoms with Gasteiger partial charge in [0.05, 0.1) is 17.2 Å². The number of amidine groups is 1. The Hall–Kier alpha value is -3.05. The molecule has 1 aliphatic heterocycles. The number of nitrogens with zero attached hydrogens (tertiary/aromatic N) is 2. The Morgan fingerprint density at radius 1 is 1.03 bits per heavy atom. The number of rotatable bonds is 6. The Morgan fingerprint density at radius 2 is 1.80 bits per heavy atom. The summed E-state index contributed by atoms with van der Waals surface area (Å²) in [6.45, 7) is 5.01. The van der Waals surface area contributed by atoms with Crippen molar-refractivity contribution in [3.8, 4) is 5.75 Å². The highest BCUT2D eigenvalue weighted by Gasteiger charge is 2.41. The summed E-state index contributed by atoms with van der Waals surface area (Å²) in [5, 5.41) is 3.00. The number of benzene rings is 3. The van der Waals surface area contributed by atoms with Crippen LogP contribution in [0.5, 0.6) is 5.75 Å². The third kappa shape index (κ3) is 5.01. The zero-order chi connectivity index (χ0) is 24.2. The van der Waals surface area contributed by atoms with Gasteiger partial charge in [-0.2, -0.15) is 0 Å². The van der Waals surface area contributed by atoms with Crippen molar-refractivity contribution in [3.05, 3.63) is 77.2 Å². The van der Waals surface area contributed by atoms with Gasteiger partial charge in [0.1, 0.15) is 5.75 Å². The SMILES string of the molecule is CCCOc1ccc2ccccc2c1/C=C1\SC(=Nc2ccccc2)N([C@H]2CCCC[C@H]2C)C1=O. The van der Waals surface area contributed by atoms with Crippen molar-refractivity contribution in [2.45, 2.75) is 52.0 Å². The molecule has 0 bridgehead atoms. The number of fused-ring (bicyclic) bond motifs is 1. The molecule has 0 unspecified atom stereocenters. The van der Waals surface area contributed by atoms with E-state index in [9.17, 15) is 4.79 Å². The first-order valence-corrected chi connectivity index (χ1v) is 13.5. The molecular formula is C30H32N2O2S. The van der Waals surface area contributed by atoms with Gasteiger partial charge in [-0.3, -0.25) is 9.69 Å². The monoisotopic (exact) mass is 484 g/mol. The van der Waals surface area contributed by atoms with E-state index in [1.165, 1.54) is 18.2 Å². The molecule has 2 atom stereocenters. The maximum Gasteiger partial charge on any atom is 0.267 e. The lowest BCUT2D eigenvalue weighted by Gasteiger charge is -2.35. The molecule has 4 nitrogen and oxygen atoms in total. The van der Waals surface area contributed by atoms with E-state index in [1.54, 1.807) is 0 Å². The molecule has 5 rings (SSSR count). The highest BCUT2D eigenvalue weighted by atomic mass is 32.2. The predicted molar refractivity (Wildman–Crippen MR) is 147 cm³/mol. The number of amides is 1. The summed E-state index contributed by atoms with van der Waals surface area (Å²) in [5.74, 6) is 1.32. The lowest BCUT2D eigenvalue weighted by atomic mass is 9.85. The fourth-order valence-electron chi connectivity index (χ4n) is 5.04. The lowest BCUT2D eigenvalue weighted by Crippen LogP contribution is -2.44. The molecule has 0 spiro atoms. The van der Waals surface area contributed by atoms with Crippen LogP contribution in [0.15, 0.2) is 76.6 Å². The fraction of sp³-hybridized carbons (Fsp3) is 0.333. The van der Waals surface area contributed by atoms with Crippen LogP contribution in [0.25, 0.3) is 16.8 Å². The smallest absolute Gasteiger partial charge is 0.267 e. The van der Waals surface area contributed by atoms with Gasteiger partial charge in [0.2, 0.25) is 0 Å². The zero-order valence-corrected chi connectivity index (χ0v) is 21.3. The normalized spacial score (nSPS) is 22.9. The number of thioether (sulfide) groups is 1. The lowest BCUT2D eigenvalue weighted by molar-refractivity contribution is -0.124. The second-order valence-corrected chi connectivity index (χ2v) is 10.4. The Labute approximate surface area is 212 Å². The van der Waals surface area contributed by atoms with E-state index < -0.39 is 0 Å². The maximum atomic E-state index is 13.9. The number of para-hydroxylation sites is 1. The minimum atomic E-state index is 0.0535. The molecule has 180 valence electrons. The minimum absolute atomic E-state index is 0.0535. The van der Waals surface area contributed by atoms with Gasteiger partial charge in [-0.15, -0.1) is 0 Å². The van der Waals surface area contributed by atoms with Crippen LogP contribution in [0, 0.1) is 5.92 Å². The molecule has 3 aromatic carbocycles. The van der Waals surface area contributed by atoms with E-state index in [4.69, 9.17) is 9.73 Å². The molecule has 3 aromatic rings. The van der Waals surface area contributed by atoms with Crippen LogP contribution in [-0.2, 0) is 4.79 Å². The zero-order valence-electron chi connectivity index (χ0n) is 20.4. The van der Waals surface area contributed by atoms with Gasteiger partial charge in [0.25, 0.3) is 5.91 Å². The van der Waals surface area contributed by atoms with Gasteiger partial charge in [-0.05, 0) is 72.0 Å². The van der Waals surface area contributed by atoms with Gasteiger partial charge in [-0.25, -0.2) is 4.99 Å². The van der Waals surface area contributed by atoms with E-state index in [1.807, 2.05) is 59.5 Å². The molecule has 2 fully saturated rings. The van der Waals surface area contributed by atoms with Gasteiger partial charge >= 0.3 is 0 Å². The summed E-state index contributed by atoms with van der Waals surface area (Å²) in [5.41, 5.74) is 1.83. The summed E-state index contributed by atoms with van der Waals surface area (Å²) in [6, 6.07) is 22.5. The third-order valence-corrected chi connectivity index (χ3v) is 7.87. The molecule has 0 aromatic heterocycles. The van der Waals surface area contributed by atoms with Crippen molar-refractivity contribution >= 4 is 45.4 Å². The van der Waals surface area contributed by atoms with E-state index >= 15 is 0 Å². The number of aliphatic imine (C=N–C) groups is 1. The molecule has 2 aliphatic rings. The maximum absolute atomic E-state index is 13.9. The molecular weight excluding hydrogens is 452 g/mol. The van der Waals surface area contributed by atoms with Crippen molar-refractivity contribution in [1.29, 1.82) is 0 Å². The van der Waals surface area contributed by atoms with Crippen molar-refractivity contribution in [3.63, 3.8) is 0 Å². The average molecular weight is 485 g/mol. The molecule has 1 amide bonds. The number of carbonyl (C=O) groups excluding carboxylic acids is 1. The first-order valence-electron chi connectivity index (χ1n) is 12.7. The third-order valence-electron chi connectivity index (χ3n) is 6.88. The van der Waals surface area contributed by atoms with Crippen LogP contribution in [0.1, 0.15) is 51.5 Å². The van der Waals surface area contributed by atoms with E-state index in [-0.39, 0.29) is 11.9 Å². The van der Waals surface area contributed by atoms with Crippen LogP contribution in [0.3, 0.4) is 0 Å². The number of hydrogen-bond acceptors (Lipinski definition) is 4. The standard InChI is InChI=1S/C30H32N2O2S/c1-3-19-34-27-18-17-22-12-8-9-15-24(22)25(27)20-28-29(33)32(26-16-10-7-11-21(26)2)30(35-28)31-23-13-5-4-6-14-23/h4-6,8-9,12-15,17-18,20-21,26H,3,7,10-11,16,19H2,1-2H3/b28-20-,31-30?/t21-,26+/m1/s1. The van der Waals surface area contributed by atoms with Crippen LogP contribution in [0.4, 0.5) is 5.69 Å². The molecule has 5 heteroatoms.